The average Bonchev–Trinajstić information content (AvgIpc) is 3.13. The molecule has 4 heteroatoms. The number of hydrogen-bond donors (Lipinski definition) is 1. The molecule has 0 amide bonds. The lowest BCUT2D eigenvalue weighted by atomic mass is 9.73. The number of benzene rings is 3. The van der Waals surface area contributed by atoms with Crippen LogP contribution in [-0.4, -0.2) is 15.6 Å². The molecule has 162 valence electrons. The van der Waals surface area contributed by atoms with Gasteiger partial charge in [0.1, 0.15) is 11.6 Å². The van der Waals surface area contributed by atoms with E-state index in [1.165, 1.54) is 10.8 Å². The summed E-state index contributed by atoms with van der Waals surface area (Å²) in [5.74, 6) is -1.16. The molecule has 3 aromatic carbocycles. The number of hydrogen-bond acceptors (Lipinski definition) is 2. The summed E-state index contributed by atoms with van der Waals surface area (Å²) in [4.78, 5) is 11.6. The molecule has 1 N–H and O–H groups in total. The summed E-state index contributed by atoms with van der Waals surface area (Å²) < 4.78 is 2.27. The molecule has 0 bridgehead atoms. The number of fused-ring (bicyclic) bond motifs is 3. The predicted octanol–water partition coefficient (Wildman–Crippen LogP) is 6.89. The predicted molar refractivity (Wildman–Crippen MR) is 132 cm³/mol. The SMILES string of the molecule is CC1(C)CC(c2ccc(-n3c4ccccc4c4ccccc43)cc2)=C/C(=C(\C#N)C(=O)O)C1. The number of allylic oxidation sites excluding steroid dienone is 3. The highest BCUT2D eigenvalue weighted by Gasteiger charge is 2.29. The highest BCUT2D eigenvalue weighted by Crippen LogP contribution is 2.43. The monoisotopic (exact) mass is 432 g/mol. The topological polar surface area (TPSA) is 66.0 Å². The first-order valence-electron chi connectivity index (χ1n) is 11.0. The molecule has 0 radical (unpaired) electrons. The number of rotatable bonds is 3. The standard InChI is InChI=1S/C29H24N2O2/c1-29(2)16-20(15-21(17-29)25(18-30)28(32)33)19-11-13-22(14-12-19)31-26-9-5-3-7-23(26)24-8-4-6-10-27(24)31/h3-15H,16-17H2,1-2H3,(H,32,33)/b25-21-. The lowest BCUT2D eigenvalue weighted by molar-refractivity contribution is -0.132. The van der Waals surface area contributed by atoms with Gasteiger partial charge in [0.25, 0.3) is 0 Å². The number of para-hydroxylation sites is 2. The van der Waals surface area contributed by atoms with Crippen LogP contribution in [0.15, 0.2) is 90.0 Å². The highest BCUT2D eigenvalue weighted by molar-refractivity contribution is 6.09. The van der Waals surface area contributed by atoms with Gasteiger partial charge in [0.05, 0.1) is 11.0 Å². The zero-order chi connectivity index (χ0) is 23.2. The van der Waals surface area contributed by atoms with Crippen LogP contribution >= 0.6 is 0 Å². The van der Waals surface area contributed by atoms with Crippen LogP contribution in [0.25, 0.3) is 33.1 Å². The molecule has 33 heavy (non-hydrogen) atoms. The number of carboxylic acid groups (broad SMARTS) is 1. The Morgan fingerprint density at radius 1 is 0.909 bits per heavy atom. The normalized spacial score (nSPS) is 16.9. The Balaban J connectivity index is 1.62. The van der Waals surface area contributed by atoms with E-state index in [1.807, 2.05) is 12.1 Å². The maximum absolute atomic E-state index is 11.6. The molecule has 1 heterocycles. The van der Waals surface area contributed by atoms with E-state index in [0.29, 0.717) is 12.0 Å². The van der Waals surface area contributed by atoms with Crippen LogP contribution < -0.4 is 0 Å². The lowest BCUT2D eigenvalue weighted by Gasteiger charge is -2.32. The molecule has 0 unspecified atom stereocenters. The second-order valence-corrected chi connectivity index (χ2v) is 9.42. The maximum Gasteiger partial charge on any atom is 0.346 e. The van der Waals surface area contributed by atoms with Gasteiger partial charge in [0, 0.05) is 16.5 Å². The Morgan fingerprint density at radius 2 is 1.48 bits per heavy atom. The van der Waals surface area contributed by atoms with Crippen molar-refractivity contribution < 1.29 is 9.90 Å². The number of aromatic nitrogens is 1. The second kappa shape index (κ2) is 7.79. The van der Waals surface area contributed by atoms with E-state index in [4.69, 9.17) is 0 Å². The molecule has 0 spiro atoms. The molecule has 0 aliphatic heterocycles. The van der Waals surface area contributed by atoms with Gasteiger partial charge in [-0.05, 0) is 59.2 Å². The molecule has 1 aromatic heterocycles. The van der Waals surface area contributed by atoms with Crippen LogP contribution in [0, 0.1) is 16.7 Å². The average molecular weight is 433 g/mol. The third-order valence-corrected chi connectivity index (χ3v) is 6.41. The van der Waals surface area contributed by atoms with E-state index in [0.717, 1.165) is 34.3 Å². The number of nitriles is 1. The number of carbonyl (C=O) groups is 1. The van der Waals surface area contributed by atoms with Gasteiger partial charge >= 0.3 is 5.97 Å². The fourth-order valence-corrected chi connectivity index (χ4v) is 5.03. The van der Waals surface area contributed by atoms with Gasteiger partial charge in [-0.1, -0.05) is 68.5 Å². The first-order valence-corrected chi connectivity index (χ1v) is 11.0. The molecule has 0 atom stereocenters. The van der Waals surface area contributed by atoms with Crippen molar-refractivity contribution in [2.45, 2.75) is 26.7 Å². The molecule has 0 saturated heterocycles. The van der Waals surface area contributed by atoms with Crippen molar-refractivity contribution in [3.63, 3.8) is 0 Å². The van der Waals surface area contributed by atoms with Gasteiger partial charge in [0.2, 0.25) is 0 Å². The van der Waals surface area contributed by atoms with Crippen LogP contribution in [0.4, 0.5) is 0 Å². The summed E-state index contributed by atoms with van der Waals surface area (Å²) in [6, 6.07) is 27.1. The van der Waals surface area contributed by atoms with Gasteiger partial charge < -0.3 is 9.67 Å². The molecule has 5 rings (SSSR count). The van der Waals surface area contributed by atoms with Gasteiger partial charge in [-0.15, -0.1) is 0 Å². The smallest absolute Gasteiger partial charge is 0.346 e. The fourth-order valence-electron chi connectivity index (χ4n) is 5.03. The van der Waals surface area contributed by atoms with Crippen LogP contribution in [0.5, 0.6) is 0 Å². The van der Waals surface area contributed by atoms with E-state index in [2.05, 4.69) is 91.2 Å². The highest BCUT2D eigenvalue weighted by atomic mass is 16.4. The molecule has 4 aromatic rings. The van der Waals surface area contributed by atoms with Crippen LogP contribution in [0.3, 0.4) is 0 Å². The first kappa shape index (κ1) is 20.8. The van der Waals surface area contributed by atoms with Crippen molar-refractivity contribution in [1.82, 2.24) is 4.57 Å². The summed E-state index contributed by atoms with van der Waals surface area (Å²) in [6.45, 7) is 4.23. The minimum absolute atomic E-state index is 0.123. The van der Waals surface area contributed by atoms with E-state index < -0.39 is 5.97 Å². The Kier molecular flexibility index (Phi) is 4.91. The summed E-state index contributed by atoms with van der Waals surface area (Å²) in [5.41, 5.74) is 5.82. The van der Waals surface area contributed by atoms with Crippen molar-refractivity contribution in [2.24, 2.45) is 5.41 Å². The van der Waals surface area contributed by atoms with E-state index >= 15 is 0 Å². The molecular weight excluding hydrogens is 408 g/mol. The Morgan fingerprint density at radius 3 is 2.03 bits per heavy atom. The molecule has 0 saturated carbocycles. The van der Waals surface area contributed by atoms with Gasteiger partial charge in [-0.2, -0.15) is 5.26 Å². The van der Waals surface area contributed by atoms with Gasteiger partial charge in [-0.3, -0.25) is 0 Å². The third-order valence-electron chi connectivity index (χ3n) is 6.41. The minimum Gasteiger partial charge on any atom is -0.477 e. The molecule has 0 fully saturated rings. The van der Waals surface area contributed by atoms with Crippen molar-refractivity contribution in [3.8, 4) is 11.8 Å². The van der Waals surface area contributed by atoms with Crippen molar-refractivity contribution in [2.75, 3.05) is 0 Å². The zero-order valence-electron chi connectivity index (χ0n) is 18.7. The number of aliphatic carboxylic acids is 1. The van der Waals surface area contributed by atoms with Crippen molar-refractivity contribution in [3.05, 3.63) is 95.6 Å². The third kappa shape index (κ3) is 3.62. The number of carboxylic acids is 1. The second-order valence-electron chi connectivity index (χ2n) is 9.42. The van der Waals surface area contributed by atoms with E-state index in [1.54, 1.807) is 0 Å². The number of nitrogens with zero attached hydrogens (tertiary/aromatic N) is 2. The van der Waals surface area contributed by atoms with Crippen molar-refractivity contribution >= 4 is 33.3 Å². The largest absolute Gasteiger partial charge is 0.477 e. The van der Waals surface area contributed by atoms with Crippen molar-refractivity contribution in [1.29, 1.82) is 5.26 Å². The molecular formula is C29H24N2O2. The quantitative estimate of drug-likeness (QED) is 0.283. The molecule has 1 aliphatic carbocycles. The van der Waals surface area contributed by atoms with Gasteiger partial charge in [0.15, 0.2) is 0 Å². The fraction of sp³-hybridized carbons (Fsp3) is 0.172. The van der Waals surface area contributed by atoms with Crippen LogP contribution in [-0.2, 0) is 4.79 Å². The summed E-state index contributed by atoms with van der Waals surface area (Å²) >= 11 is 0. The van der Waals surface area contributed by atoms with Crippen LogP contribution in [0.1, 0.15) is 32.3 Å². The molecule has 4 nitrogen and oxygen atoms in total. The van der Waals surface area contributed by atoms with Crippen LogP contribution in [0.2, 0.25) is 0 Å². The lowest BCUT2D eigenvalue weighted by Crippen LogP contribution is -2.19. The molecule has 1 aliphatic rings. The van der Waals surface area contributed by atoms with E-state index in [9.17, 15) is 15.2 Å². The Labute approximate surface area is 192 Å². The summed E-state index contributed by atoms with van der Waals surface area (Å²) in [7, 11) is 0. The van der Waals surface area contributed by atoms with E-state index in [-0.39, 0.29) is 11.0 Å². The Hall–Kier alpha value is -4.10. The first-order chi connectivity index (χ1) is 15.9. The summed E-state index contributed by atoms with van der Waals surface area (Å²) in [5, 5.41) is 21.3. The zero-order valence-corrected chi connectivity index (χ0v) is 18.7. The van der Waals surface area contributed by atoms with Gasteiger partial charge in [-0.25, -0.2) is 4.79 Å². The minimum atomic E-state index is -1.16. The maximum atomic E-state index is 11.6. The Bertz CT molecular complexity index is 1460. The summed E-state index contributed by atoms with van der Waals surface area (Å²) in [6.07, 6.45) is 3.29.